The van der Waals surface area contributed by atoms with Crippen LogP contribution >= 0.6 is 0 Å². The second-order valence-corrected chi connectivity index (χ2v) is 4.25. The molecule has 0 aromatic heterocycles. The number of hydrogen-bond acceptors (Lipinski definition) is 2. The van der Waals surface area contributed by atoms with Gasteiger partial charge in [-0.1, -0.05) is 13.8 Å². The molecule has 0 saturated heterocycles. The minimum atomic E-state index is 0.552. The normalized spacial score (nSPS) is 29.0. The molecule has 1 rings (SSSR count). The molecule has 0 aromatic rings. The molecule has 0 aromatic carbocycles. The molecule has 0 bridgehead atoms. The van der Waals surface area contributed by atoms with E-state index in [0.29, 0.717) is 6.10 Å². The van der Waals surface area contributed by atoms with E-state index in [1.165, 1.54) is 19.4 Å². The van der Waals surface area contributed by atoms with Gasteiger partial charge in [-0.2, -0.15) is 0 Å². The molecule has 0 amide bonds. The minimum Gasteiger partial charge on any atom is -0.381 e. The van der Waals surface area contributed by atoms with Crippen LogP contribution in [0.5, 0.6) is 0 Å². The van der Waals surface area contributed by atoms with Crippen molar-refractivity contribution in [2.45, 2.75) is 32.8 Å². The SMILES string of the molecule is CO[C@H]1C[C@@H](CNCC(C)C)C1. The van der Waals surface area contributed by atoms with Gasteiger partial charge >= 0.3 is 0 Å². The zero-order valence-electron chi connectivity index (χ0n) is 8.47. The van der Waals surface area contributed by atoms with Crippen LogP contribution < -0.4 is 5.32 Å². The fourth-order valence-corrected chi connectivity index (χ4v) is 1.61. The Kier molecular flexibility index (Phi) is 4.02. The molecule has 0 heterocycles. The first-order chi connectivity index (χ1) is 5.72. The Labute approximate surface area is 75.7 Å². The van der Waals surface area contributed by atoms with Gasteiger partial charge in [0.25, 0.3) is 0 Å². The number of nitrogens with one attached hydrogen (secondary N) is 1. The van der Waals surface area contributed by atoms with Gasteiger partial charge in [0.15, 0.2) is 0 Å². The van der Waals surface area contributed by atoms with Gasteiger partial charge in [-0.25, -0.2) is 0 Å². The molecule has 0 radical (unpaired) electrons. The van der Waals surface area contributed by atoms with E-state index in [9.17, 15) is 0 Å². The summed E-state index contributed by atoms with van der Waals surface area (Å²) >= 11 is 0. The highest BCUT2D eigenvalue weighted by molar-refractivity contribution is 4.81. The van der Waals surface area contributed by atoms with Crippen LogP contribution in [0.1, 0.15) is 26.7 Å². The molecule has 12 heavy (non-hydrogen) atoms. The molecule has 0 unspecified atom stereocenters. The van der Waals surface area contributed by atoms with E-state index in [0.717, 1.165) is 18.4 Å². The van der Waals surface area contributed by atoms with Gasteiger partial charge in [0.05, 0.1) is 6.10 Å². The van der Waals surface area contributed by atoms with Crippen LogP contribution in [0.4, 0.5) is 0 Å². The number of hydrogen-bond donors (Lipinski definition) is 1. The third kappa shape index (κ3) is 3.11. The lowest BCUT2D eigenvalue weighted by Gasteiger charge is -2.34. The van der Waals surface area contributed by atoms with Gasteiger partial charge < -0.3 is 10.1 Å². The first-order valence-corrected chi connectivity index (χ1v) is 4.96. The molecule has 0 spiro atoms. The third-order valence-electron chi connectivity index (χ3n) is 2.51. The number of rotatable bonds is 5. The van der Waals surface area contributed by atoms with Crippen LogP contribution in [-0.2, 0) is 4.74 Å². The van der Waals surface area contributed by atoms with Crippen LogP contribution in [0.15, 0.2) is 0 Å². The maximum Gasteiger partial charge on any atom is 0.0577 e. The zero-order valence-corrected chi connectivity index (χ0v) is 8.47. The third-order valence-corrected chi connectivity index (χ3v) is 2.51. The molecule has 0 aliphatic heterocycles. The van der Waals surface area contributed by atoms with Gasteiger partial charge in [-0.15, -0.1) is 0 Å². The van der Waals surface area contributed by atoms with Crippen LogP contribution in [0.3, 0.4) is 0 Å². The summed E-state index contributed by atoms with van der Waals surface area (Å²) in [6.07, 6.45) is 3.05. The molecule has 0 atom stereocenters. The number of methoxy groups -OCH3 is 1. The molecular formula is C10H21NO. The van der Waals surface area contributed by atoms with Crippen molar-refractivity contribution in [2.24, 2.45) is 11.8 Å². The molecule has 2 nitrogen and oxygen atoms in total. The summed E-state index contributed by atoms with van der Waals surface area (Å²) in [5.41, 5.74) is 0. The molecule has 72 valence electrons. The minimum absolute atomic E-state index is 0.552. The molecule has 1 saturated carbocycles. The number of ether oxygens (including phenoxy) is 1. The summed E-state index contributed by atoms with van der Waals surface area (Å²) in [6.45, 7) is 6.81. The largest absolute Gasteiger partial charge is 0.381 e. The summed E-state index contributed by atoms with van der Waals surface area (Å²) in [4.78, 5) is 0. The highest BCUT2D eigenvalue weighted by Gasteiger charge is 2.28. The predicted molar refractivity (Wildman–Crippen MR) is 51.2 cm³/mol. The maximum atomic E-state index is 5.22. The molecular weight excluding hydrogens is 150 g/mol. The van der Waals surface area contributed by atoms with Crippen molar-refractivity contribution in [1.82, 2.24) is 5.32 Å². The Morgan fingerprint density at radius 2 is 2.08 bits per heavy atom. The van der Waals surface area contributed by atoms with E-state index in [1.54, 1.807) is 0 Å². The van der Waals surface area contributed by atoms with Crippen molar-refractivity contribution in [3.8, 4) is 0 Å². The van der Waals surface area contributed by atoms with E-state index in [1.807, 2.05) is 7.11 Å². The summed E-state index contributed by atoms with van der Waals surface area (Å²) in [7, 11) is 1.81. The van der Waals surface area contributed by atoms with Gasteiger partial charge in [-0.05, 0) is 37.8 Å². The average molecular weight is 171 g/mol. The topological polar surface area (TPSA) is 21.3 Å². The first-order valence-electron chi connectivity index (χ1n) is 4.96. The van der Waals surface area contributed by atoms with Crippen molar-refractivity contribution in [2.75, 3.05) is 20.2 Å². The predicted octanol–water partition coefficient (Wildman–Crippen LogP) is 1.66. The van der Waals surface area contributed by atoms with E-state index >= 15 is 0 Å². The van der Waals surface area contributed by atoms with Crippen LogP contribution in [0, 0.1) is 11.8 Å². The molecule has 1 N–H and O–H groups in total. The molecule has 1 aliphatic rings. The van der Waals surface area contributed by atoms with Gasteiger partial charge in [0, 0.05) is 7.11 Å². The van der Waals surface area contributed by atoms with Gasteiger partial charge in [-0.3, -0.25) is 0 Å². The lowest BCUT2D eigenvalue weighted by Crippen LogP contribution is -2.38. The highest BCUT2D eigenvalue weighted by atomic mass is 16.5. The van der Waals surface area contributed by atoms with Crippen molar-refractivity contribution >= 4 is 0 Å². The average Bonchev–Trinajstić information content (AvgIpc) is 1.93. The lowest BCUT2D eigenvalue weighted by atomic mass is 9.82. The van der Waals surface area contributed by atoms with E-state index in [-0.39, 0.29) is 0 Å². The summed E-state index contributed by atoms with van der Waals surface area (Å²) < 4.78 is 5.22. The smallest absolute Gasteiger partial charge is 0.0577 e. The van der Waals surface area contributed by atoms with Gasteiger partial charge in [0.2, 0.25) is 0 Å². The van der Waals surface area contributed by atoms with Crippen molar-refractivity contribution in [3.05, 3.63) is 0 Å². The van der Waals surface area contributed by atoms with Crippen molar-refractivity contribution in [1.29, 1.82) is 0 Å². The molecule has 1 aliphatic carbocycles. The molecule has 2 heteroatoms. The highest BCUT2D eigenvalue weighted by Crippen LogP contribution is 2.28. The Hall–Kier alpha value is -0.0800. The van der Waals surface area contributed by atoms with E-state index in [2.05, 4.69) is 19.2 Å². The monoisotopic (exact) mass is 171 g/mol. The standard InChI is InChI=1S/C10H21NO/c1-8(2)6-11-7-9-4-10(5-9)12-3/h8-11H,4-7H2,1-3H3/t9-,10+. The van der Waals surface area contributed by atoms with E-state index in [4.69, 9.17) is 4.74 Å². The Bertz CT molecular complexity index is 119. The van der Waals surface area contributed by atoms with E-state index < -0.39 is 0 Å². The Balaban J connectivity index is 1.90. The fraction of sp³-hybridized carbons (Fsp3) is 1.00. The lowest BCUT2D eigenvalue weighted by molar-refractivity contribution is 0.00150. The van der Waals surface area contributed by atoms with Crippen LogP contribution in [0.25, 0.3) is 0 Å². The van der Waals surface area contributed by atoms with Crippen LogP contribution in [-0.4, -0.2) is 26.3 Å². The first kappa shape index (κ1) is 10.0. The molecule has 1 fully saturated rings. The van der Waals surface area contributed by atoms with Crippen molar-refractivity contribution < 1.29 is 4.74 Å². The maximum absolute atomic E-state index is 5.22. The Morgan fingerprint density at radius 1 is 1.42 bits per heavy atom. The fourth-order valence-electron chi connectivity index (χ4n) is 1.61. The summed E-state index contributed by atoms with van der Waals surface area (Å²) in [5.74, 6) is 1.64. The quantitative estimate of drug-likeness (QED) is 0.679. The van der Waals surface area contributed by atoms with Crippen molar-refractivity contribution in [3.63, 3.8) is 0 Å². The van der Waals surface area contributed by atoms with Crippen LogP contribution in [0.2, 0.25) is 0 Å². The summed E-state index contributed by atoms with van der Waals surface area (Å²) in [5, 5.41) is 3.48. The summed E-state index contributed by atoms with van der Waals surface area (Å²) in [6, 6.07) is 0. The van der Waals surface area contributed by atoms with Gasteiger partial charge in [0.1, 0.15) is 0 Å². The second kappa shape index (κ2) is 4.83. The Morgan fingerprint density at radius 3 is 2.58 bits per heavy atom. The second-order valence-electron chi connectivity index (χ2n) is 4.25. The zero-order chi connectivity index (χ0) is 8.97.